The second kappa shape index (κ2) is 7.39. The molecule has 0 aliphatic heterocycles. The molecule has 3 nitrogen and oxygen atoms in total. The minimum atomic E-state index is 0.219. The van der Waals surface area contributed by atoms with Crippen LogP contribution in [0.5, 0.6) is 0 Å². The molecule has 0 aromatic carbocycles. The molecule has 1 rings (SSSR count). The number of rotatable bonds is 7. The first-order chi connectivity index (χ1) is 8.90. The Morgan fingerprint density at radius 3 is 2.53 bits per heavy atom. The minimum absolute atomic E-state index is 0.219. The van der Waals surface area contributed by atoms with Gasteiger partial charge in [0.15, 0.2) is 0 Å². The molecule has 0 radical (unpaired) electrons. The Bertz CT molecular complexity index is 370. The van der Waals surface area contributed by atoms with Crippen molar-refractivity contribution in [3.8, 4) is 0 Å². The molecule has 1 aromatic heterocycles. The Hall–Kier alpha value is -0.420. The highest BCUT2D eigenvalue weighted by Gasteiger charge is 2.21. The Balaban J connectivity index is 2.71. The number of nitrogens with zero attached hydrogens (tertiary/aromatic N) is 1. The number of nitrogens with two attached hydrogens (primary N) is 1. The van der Waals surface area contributed by atoms with Crippen molar-refractivity contribution in [3.63, 3.8) is 0 Å². The van der Waals surface area contributed by atoms with Crippen LogP contribution in [0.2, 0.25) is 0 Å². The van der Waals surface area contributed by atoms with Gasteiger partial charge in [0.25, 0.3) is 0 Å². The highest BCUT2D eigenvalue weighted by molar-refractivity contribution is 7.12. The summed E-state index contributed by atoms with van der Waals surface area (Å²) >= 11 is 1.89. The van der Waals surface area contributed by atoms with Crippen molar-refractivity contribution in [2.24, 2.45) is 5.73 Å². The van der Waals surface area contributed by atoms with Crippen LogP contribution < -0.4 is 5.73 Å². The molecular weight excluding hydrogens is 256 g/mol. The fourth-order valence-corrected chi connectivity index (χ4v) is 3.31. The van der Waals surface area contributed by atoms with Crippen molar-refractivity contribution in [2.45, 2.75) is 38.6 Å². The van der Waals surface area contributed by atoms with Crippen molar-refractivity contribution < 1.29 is 4.74 Å². The molecule has 0 saturated carbocycles. The highest BCUT2D eigenvalue weighted by atomic mass is 32.1. The van der Waals surface area contributed by atoms with Crippen molar-refractivity contribution in [1.29, 1.82) is 0 Å². The molecular formula is C15H28N2OS. The Kier molecular flexibility index (Phi) is 6.47. The zero-order chi connectivity index (χ0) is 14.5. The van der Waals surface area contributed by atoms with Gasteiger partial charge in [-0.05, 0) is 31.0 Å². The van der Waals surface area contributed by atoms with Gasteiger partial charge in [0.05, 0.1) is 6.04 Å². The SMILES string of the molecule is COCCCN(C)C(CN)c1ccc(C(C)(C)C)s1. The average molecular weight is 284 g/mol. The van der Waals surface area contributed by atoms with Gasteiger partial charge in [-0.3, -0.25) is 4.90 Å². The van der Waals surface area contributed by atoms with E-state index in [4.69, 9.17) is 10.5 Å². The minimum Gasteiger partial charge on any atom is -0.385 e. The van der Waals surface area contributed by atoms with Gasteiger partial charge in [0.2, 0.25) is 0 Å². The Morgan fingerprint density at radius 2 is 2.05 bits per heavy atom. The van der Waals surface area contributed by atoms with E-state index in [0.717, 1.165) is 19.6 Å². The van der Waals surface area contributed by atoms with Gasteiger partial charge in [-0.2, -0.15) is 0 Å². The largest absolute Gasteiger partial charge is 0.385 e. The second-order valence-electron chi connectivity index (χ2n) is 6.03. The summed E-state index contributed by atoms with van der Waals surface area (Å²) in [4.78, 5) is 5.12. The van der Waals surface area contributed by atoms with Gasteiger partial charge in [-0.25, -0.2) is 0 Å². The summed E-state index contributed by atoms with van der Waals surface area (Å²) in [5, 5.41) is 0. The predicted octanol–water partition coefficient (Wildman–Crippen LogP) is 3.01. The van der Waals surface area contributed by atoms with E-state index in [1.165, 1.54) is 9.75 Å². The predicted molar refractivity (Wildman–Crippen MR) is 83.9 cm³/mol. The highest BCUT2D eigenvalue weighted by Crippen LogP contribution is 2.33. The third-order valence-electron chi connectivity index (χ3n) is 3.31. The van der Waals surface area contributed by atoms with Crippen LogP contribution in [-0.4, -0.2) is 38.8 Å². The molecule has 110 valence electrons. The quantitative estimate of drug-likeness (QED) is 0.782. The summed E-state index contributed by atoms with van der Waals surface area (Å²) in [5.74, 6) is 0. The van der Waals surface area contributed by atoms with E-state index in [9.17, 15) is 0 Å². The fraction of sp³-hybridized carbons (Fsp3) is 0.733. The maximum Gasteiger partial charge on any atom is 0.0561 e. The molecule has 2 N–H and O–H groups in total. The summed E-state index contributed by atoms with van der Waals surface area (Å²) in [6.45, 7) is 9.23. The van der Waals surface area contributed by atoms with Gasteiger partial charge in [0, 0.05) is 36.6 Å². The van der Waals surface area contributed by atoms with Crippen LogP contribution in [-0.2, 0) is 10.2 Å². The molecule has 19 heavy (non-hydrogen) atoms. The lowest BCUT2D eigenvalue weighted by atomic mass is 9.95. The zero-order valence-electron chi connectivity index (χ0n) is 12.9. The standard InChI is InChI=1S/C15H28N2OS/c1-15(2,3)14-8-7-13(19-14)12(11-16)17(4)9-6-10-18-5/h7-8,12H,6,9-11,16H2,1-5H3. The van der Waals surface area contributed by atoms with E-state index in [1.54, 1.807) is 7.11 Å². The summed E-state index contributed by atoms with van der Waals surface area (Å²) in [5.41, 5.74) is 6.18. The van der Waals surface area contributed by atoms with Crippen LogP contribution in [0.25, 0.3) is 0 Å². The van der Waals surface area contributed by atoms with E-state index in [2.05, 4.69) is 44.9 Å². The summed E-state index contributed by atoms with van der Waals surface area (Å²) in [6.07, 6.45) is 1.04. The van der Waals surface area contributed by atoms with E-state index in [0.29, 0.717) is 12.6 Å². The molecule has 0 spiro atoms. The molecule has 0 amide bonds. The van der Waals surface area contributed by atoms with Crippen LogP contribution >= 0.6 is 11.3 Å². The van der Waals surface area contributed by atoms with Gasteiger partial charge in [-0.1, -0.05) is 20.8 Å². The Morgan fingerprint density at radius 1 is 1.37 bits per heavy atom. The number of ether oxygens (including phenoxy) is 1. The molecule has 0 aliphatic carbocycles. The number of likely N-dealkylation sites (N-methyl/N-ethyl adjacent to an activating group) is 1. The first kappa shape index (κ1) is 16.6. The van der Waals surface area contributed by atoms with Crippen LogP contribution in [0.1, 0.15) is 43.0 Å². The van der Waals surface area contributed by atoms with Crippen molar-refractivity contribution in [3.05, 3.63) is 21.9 Å². The summed E-state index contributed by atoms with van der Waals surface area (Å²) in [6, 6.07) is 4.79. The fourth-order valence-electron chi connectivity index (χ4n) is 2.06. The first-order valence-corrected chi connectivity index (χ1v) is 7.71. The number of hydrogen-bond acceptors (Lipinski definition) is 4. The van der Waals surface area contributed by atoms with E-state index < -0.39 is 0 Å². The van der Waals surface area contributed by atoms with Crippen LogP contribution in [0, 0.1) is 0 Å². The van der Waals surface area contributed by atoms with Gasteiger partial charge in [-0.15, -0.1) is 11.3 Å². The molecule has 0 saturated heterocycles. The third-order valence-corrected chi connectivity index (χ3v) is 4.92. The zero-order valence-corrected chi connectivity index (χ0v) is 13.7. The van der Waals surface area contributed by atoms with Gasteiger partial charge in [0.1, 0.15) is 0 Å². The molecule has 0 fully saturated rings. The molecule has 0 bridgehead atoms. The lowest BCUT2D eigenvalue weighted by molar-refractivity contribution is 0.167. The lowest BCUT2D eigenvalue weighted by Gasteiger charge is -2.26. The average Bonchev–Trinajstić information content (AvgIpc) is 2.79. The smallest absolute Gasteiger partial charge is 0.0561 e. The monoisotopic (exact) mass is 284 g/mol. The van der Waals surface area contributed by atoms with Crippen LogP contribution in [0.3, 0.4) is 0 Å². The topological polar surface area (TPSA) is 38.5 Å². The second-order valence-corrected chi connectivity index (χ2v) is 7.15. The normalized spacial score (nSPS) is 14.1. The van der Waals surface area contributed by atoms with Crippen molar-refractivity contribution in [2.75, 3.05) is 33.9 Å². The third kappa shape index (κ3) is 4.88. The maximum atomic E-state index is 5.96. The molecule has 1 aromatic rings. The summed E-state index contributed by atoms with van der Waals surface area (Å²) in [7, 11) is 3.89. The van der Waals surface area contributed by atoms with Gasteiger partial charge < -0.3 is 10.5 Å². The molecule has 1 unspecified atom stereocenters. The van der Waals surface area contributed by atoms with E-state index in [1.807, 2.05) is 11.3 Å². The maximum absolute atomic E-state index is 5.96. The van der Waals surface area contributed by atoms with Crippen LogP contribution in [0.15, 0.2) is 12.1 Å². The van der Waals surface area contributed by atoms with E-state index in [-0.39, 0.29) is 5.41 Å². The molecule has 4 heteroatoms. The number of thiophene rings is 1. The molecule has 1 heterocycles. The summed E-state index contributed by atoms with van der Waals surface area (Å²) < 4.78 is 5.10. The van der Waals surface area contributed by atoms with Crippen molar-refractivity contribution >= 4 is 11.3 Å². The molecule has 1 atom stereocenters. The first-order valence-electron chi connectivity index (χ1n) is 6.89. The lowest BCUT2D eigenvalue weighted by Crippen LogP contribution is -2.31. The number of hydrogen-bond donors (Lipinski definition) is 1. The number of methoxy groups -OCH3 is 1. The Labute approximate surface area is 121 Å². The van der Waals surface area contributed by atoms with Gasteiger partial charge >= 0.3 is 0 Å². The van der Waals surface area contributed by atoms with Crippen molar-refractivity contribution in [1.82, 2.24) is 4.90 Å². The van der Waals surface area contributed by atoms with Crippen LogP contribution in [0.4, 0.5) is 0 Å². The molecule has 0 aliphatic rings. The van der Waals surface area contributed by atoms with E-state index >= 15 is 0 Å².